The number of ether oxygens (including phenoxy) is 1. The van der Waals surface area contributed by atoms with Crippen LogP contribution in [0.15, 0.2) is 48.5 Å². The van der Waals surface area contributed by atoms with Crippen molar-refractivity contribution in [2.45, 2.75) is 33.2 Å². The summed E-state index contributed by atoms with van der Waals surface area (Å²) in [5.41, 5.74) is 2.59. The van der Waals surface area contributed by atoms with E-state index < -0.39 is 0 Å². The maximum Gasteiger partial charge on any atom is 0.265 e. The maximum absolute atomic E-state index is 12.4. The number of carbonyl (C=O) groups excluding carboxylic acids is 2. The third kappa shape index (κ3) is 4.44. The van der Waals surface area contributed by atoms with Crippen LogP contribution in [0.1, 0.15) is 27.2 Å². The molecule has 0 bridgehead atoms. The summed E-state index contributed by atoms with van der Waals surface area (Å²) in [6.45, 7) is 7.69. The average Bonchev–Trinajstić information content (AvgIpc) is 2.69. The Morgan fingerprint density at radius 2 is 1.89 bits per heavy atom. The Labute approximate surface area is 166 Å². The van der Waals surface area contributed by atoms with E-state index in [1.165, 1.54) is 0 Å². The SMILES string of the molecule is CCN(c1ccc(NC(=O)CCN2C(=O)COc3ccccc32)cc1)C(C)C. The molecule has 0 spiro atoms. The molecule has 0 aliphatic carbocycles. The Morgan fingerprint density at radius 3 is 2.57 bits per heavy atom. The Morgan fingerprint density at radius 1 is 1.18 bits per heavy atom. The third-order valence-electron chi connectivity index (χ3n) is 4.82. The molecule has 2 aromatic carbocycles. The van der Waals surface area contributed by atoms with Crippen molar-refractivity contribution in [3.8, 4) is 5.75 Å². The number of nitrogens with zero attached hydrogens (tertiary/aromatic N) is 2. The number of hydrogen-bond acceptors (Lipinski definition) is 4. The molecule has 148 valence electrons. The van der Waals surface area contributed by atoms with E-state index >= 15 is 0 Å². The molecule has 28 heavy (non-hydrogen) atoms. The minimum atomic E-state index is -0.135. The Kier molecular flexibility index (Phi) is 6.19. The molecule has 0 saturated carbocycles. The highest BCUT2D eigenvalue weighted by atomic mass is 16.5. The standard InChI is InChI=1S/C22H27N3O3/c1-4-24(16(2)3)18-11-9-17(10-12-18)23-21(26)13-14-25-19-7-5-6-8-20(19)28-15-22(25)27/h5-12,16H,4,13-15H2,1-3H3,(H,23,26). The lowest BCUT2D eigenvalue weighted by Gasteiger charge is -2.29. The van der Waals surface area contributed by atoms with Crippen LogP contribution in [0.2, 0.25) is 0 Å². The minimum Gasteiger partial charge on any atom is -0.482 e. The Hall–Kier alpha value is -3.02. The summed E-state index contributed by atoms with van der Waals surface area (Å²) in [5, 5.41) is 2.91. The lowest BCUT2D eigenvalue weighted by atomic mass is 10.2. The van der Waals surface area contributed by atoms with Crippen LogP contribution in [0.5, 0.6) is 5.75 Å². The molecular weight excluding hydrogens is 354 g/mol. The van der Waals surface area contributed by atoms with Crippen LogP contribution in [0.3, 0.4) is 0 Å². The van der Waals surface area contributed by atoms with Gasteiger partial charge in [0, 0.05) is 36.9 Å². The number of carbonyl (C=O) groups is 2. The normalized spacial score (nSPS) is 13.1. The Balaban J connectivity index is 1.58. The monoisotopic (exact) mass is 381 g/mol. The fourth-order valence-electron chi connectivity index (χ4n) is 3.42. The van der Waals surface area contributed by atoms with Gasteiger partial charge in [-0.3, -0.25) is 9.59 Å². The van der Waals surface area contributed by atoms with Crippen LogP contribution in [0, 0.1) is 0 Å². The molecule has 2 amide bonds. The number of nitrogens with one attached hydrogen (secondary N) is 1. The predicted molar refractivity (Wildman–Crippen MR) is 112 cm³/mol. The van der Waals surface area contributed by atoms with Crippen molar-refractivity contribution in [2.75, 3.05) is 34.8 Å². The van der Waals surface area contributed by atoms with Gasteiger partial charge in [0.15, 0.2) is 6.61 Å². The highest BCUT2D eigenvalue weighted by Gasteiger charge is 2.25. The largest absolute Gasteiger partial charge is 0.482 e. The number of amides is 2. The lowest BCUT2D eigenvalue weighted by molar-refractivity contribution is -0.121. The molecule has 0 fully saturated rings. The molecule has 0 unspecified atom stereocenters. The molecule has 1 aliphatic rings. The van der Waals surface area contributed by atoms with Gasteiger partial charge in [-0.05, 0) is 57.2 Å². The summed E-state index contributed by atoms with van der Waals surface area (Å²) in [6, 6.07) is 15.6. The van der Waals surface area contributed by atoms with Gasteiger partial charge in [0.25, 0.3) is 5.91 Å². The lowest BCUT2D eigenvalue weighted by Crippen LogP contribution is -2.40. The van der Waals surface area contributed by atoms with E-state index in [0.717, 1.165) is 17.9 Å². The topological polar surface area (TPSA) is 61.9 Å². The summed E-state index contributed by atoms with van der Waals surface area (Å²) in [6.07, 6.45) is 0.217. The second-order valence-electron chi connectivity index (χ2n) is 7.03. The van der Waals surface area contributed by atoms with Gasteiger partial charge in [-0.1, -0.05) is 12.1 Å². The average molecular weight is 381 g/mol. The zero-order valence-electron chi connectivity index (χ0n) is 16.6. The van der Waals surface area contributed by atoms with Gasteiger partial charge in [-0.2, -0.15) is 0 Å². The molecule has 0 aromatic heterocycles. The number of para-hydroxylation sites is 2. The number of rotatable bonds is 7. The third-order valence-corrected chi connectivity index (χ3v) is 4.82. The molecule has 6 nitrogen and oxygen atoms in total. The number of benzene rings is 2. The van der Waals surface area contributed by atoms with Gasteiger partial charge in [0.05, 0.1) is 5.69 Å². The van der Waals surface area contributed by atoms with Gasteiger partial charge in [-0.15, -0.1) is 0 Å². The van der Waals surface area contributed by atoms with Crippen molar-refractivity contribution < 1.29 is 14.3 Å². The summed E-state index contributed by atoms with van der Waals surface area (Å²) in [5.74, 6) is 0.411. The number of anilines is 3. The van der Waals surface area contributed by atoms with Crippen LogP contribution >= 0.6 is 0 Å². The molecule has 1 aliphatic heterocycles. The zero-order chi connectivity index (χ0) is 20.1. The summed E-state index contributed by atoms with van der Waals surface area (Å²) < 4.78 is 5.43. The quantitative estimate of drug-likeness (QED) is 0.795. The van der Waals surface area contributed by atoms with Crippen LogP contribution in [0.25, 0.3) is 0 Å². The van der Waals surface area contributed by atoms with E-state index in [2.05, 4.69) is 31.0 Å². The van der Waals surface area contributed by atoms with Crippen molar-refractivity contribution >= 4 is 28.9 Å². The van der Waals surface area contributed by atoms with Crippen molar-refractivity contribution in [2.24, 2.45) is 0 Å². The fourth-order valence-corrected chi connectivity index (χ4v) is 3.42. The van der Waals surface area contributed by atoms with E-state index in [1.54, 1.807) is 4.90 Å². The molecule has 0 saturated heterocycles. The van der Waals surface area contributed by atoms with Crippen LogP contribution in [0.4, 0.5) is 17.1 Å². The van der Waals surface area contributed by atoms with Crippen molar-refractivity contribution in [1.82, 2.24) is 0 Å². The first-order chi connectivity index (χ1) is 13.5. The van der Waals surface area contributed by atoms with Crippen LogP contribution in [-0.2, 0) is 9.59 Å². The zero-order valence-corrected chi connectivity index (χ0v) is 16.6. The minimum absolute atomic E-state index is 0.00384. The second-order valence-corrected chi connectivity index (χ2v) is 7.03. The summed E-state index contributed by atoms with van der Waals surface area (Å²) in [4.78, 5) is 28.4. The highest BCUT2D eigenvalue weighted by molar-refractivity contribution is 5.99. The van der Waals surface area contributed by atoms with Crippen LogP contribution in [-0.4, -0.2) is 37.6 Å². The van der Waals surface area contributed by atoms with Crippen molar-refractivity contribution in [1.29, 1.82) is 0 Å². The molecule has 6 heteroatoms. The second kappa shape index (κ2) is 8.78. The number of fused-ring (bicyclic) bond motifs is 1. The first kappa shape index (κ1) is 19.7. The van der Waals surface area contributed by atoms with Crippen molar-refractivity contribution in [3.05, 3.63) is 48.5 Å². The summed E-state index contributed by atoms with van der Waals surface area (Å²) >= 11 is 0. The molecule has 3 rings (SSSR count). The maximum atomic E-state index is 12.4. The van der Waals surface area contributed by atoms with E-state index in [-0.39, 0.29) is 24.8 Å². The first-order valence-corrected chi connectivity index (χ1v) is 9.68. The molecule has 1 N–H and O–H groups in total. The molecule has 0 radical (unpaired) electrons. The van der Waals surface area contributed by atoms with Crippen molar-refractivity contribution in [3.63, 3.8) is 0 Å². The molecule has 0 atom stereocenters. The molecule has 2 aromatic rings. The van der Waals surface area contributed by atoms with E-state index in [4.69, 9.17) is 4.74 Å². The molecule has 1 heterocycles. The van der Waals surface area contributed by atoms with Gasteiger partial charge in [-0.25, -0.2) is 0 Å². The first-order valence-electron chi connectivity index (χ1n) is 9.68. The number of hydrogen-bond donors (Lipinski definition) is 1. The van der Waals surface area contributed by atoms with E-state index in [9.17, 15) is 9.59 Å². The van der Waals surface area contributed by atoms with E-state index in [1.807, 2.05) is 48.5 Å². The van der Waals surface area contributed by atoms with Gasteiger partial charge >= 0.3 is 0 Å². The fraction of sp³-hybridized carbons (Fsp3) is 0.364. The highest BCUT2D eigenvalue weighted by Crippen LogP contribution is 2.31. The Bertz CT molecular complexity index is 833. The summed E-state index contributed by atoms with van der Waals surface area (Å²) in [7, 11) is 0. The van der Waals surface area contributed by atoms with Gasteiger partial charge in [0.1, 0.15) is 5.75 Å². The van der Waals surface area contributed by atoms with Gasteiger partial charge < -0.3 is 19.9 Å². The molecular formula is C22H27N3O3. The van der Waals surface area contributed by atoms with E-state index in [0.29, 0.717) is 24.0 Å². The predicted octanol–water partition coefficient (Wildman–Crippen LogP) is 3.68. The smallest absolute Gasteiger partial charge is 0.265 e. The van der Waals surface area contributed by atoms with Gasteiger partial charge in [0.2, 0.25) is 5.91 Å². The van der Waals surface area contributed by atoms with Crippen LogP contribution < -0.4 is 19.9 Å².